The fourth-order valence-corrected chi connectivity index (χ4v) is 10.8. The minimum absolute atomic E-state index is 0.0468. The first-order valence-electron chi connectivity index (χ1n) is 30.8. The molecule has 0 saturated carbocycles. The summed E-state index contributed by atoms with van der Waals surface area (Å²) < 4.78 is 0. The number of benzene rings is 3. The molecule has 5 aromatic rings. The van der Waals surface area contributed by atoms with Gasteiger partial charge in [0.05, 0.1) is 25.2 Å². The number of H-pyrrole nitrogens is 2. The van der Waals surface area contributed by atoms with Crippen molar-refractivity contribution < 1.29 is 87.9 Å². The Morgan fingerprint density at radius 3 is 1.65 bits per heavy atom. The predicted molar refractivity (Wildman–Crippen MR) is 338 cm³/mol. The molecule has 6 rings (SSSR count). The van der Waals surface area contributed by atoms with Gasteiger partial charge in [0.1, 0.15) is 60.1 Å². The maximum Gasteiger partial charge on any atom is 0.326 e. The van der Waals surface area contributed by atoms with Gasteiger partial charge in [0.2, 0.25) is 53.2 Å². The van der Waals surface area contributed by atoms with E-state index in [9.17, 15) is 87.9 Å². The standard InChI is InChI=1S/C64H81N13O18/c1-33(2)23-41(65)55(85)69-43(20-21-51(79)80)56(86)71-45(26-37-30-67-42-14-9-8-13-40(37)42)58(88)70-44(24-36-16-18-39(78)19-17-36)57(87)72-47(28-52(81)82)59(89)73-48(29-53(83)84)60(90)75-49(25-35-11-6-5-7-12-35)63(93)77-22-10-15-50(77)62(92)74-46(27-38-31-66-32-68-38)61(91)76-54(34(3)4)64(94)95/h5-9,11-14,16-19,30-34,41,43-50,54,67,78H,10,15,20-29,65H2,1-4H3,(H,66,68)(H,69,85)(H,70,88)(H,71,86)(H,72,87)(H,73,89)(H,74,92)(H,75,90)(H,76,91)(H,79,80)(H,81,82)(H,83,84)(H,94,95)/t41-,43-,44-,45-,46-,47-,48-,49-,50-,54-/m0/s1. The Morgan fingerprint density at radius 1 is 0.568 bits per heavy atom. The molecule has 31 heteroatoms. The molecule has 0 aliphatic carbocycles. The number of fused-ring (bicyclic) bond motifs is 1. The third-order valence-electron chi connectivity index (χ3n) is 15.7. The van der Waals surface area contributed by atoms with Gasteiger partial charge in [0.25, 0.3) is 0 Å². The number of hydrogen-bond acceptors (Lipinski definition) is 16. The molecule has 1 saturated heterocycles. The van der Waals surface area contributed by atoms with E-state index >= 15 is 0 Å². The summed E-state index contributed by atoms with van der Waals surface area (Å²) in [6, 6.07) is 4.49. The number of carbonyl (C=O) groups is 13. The number of aliphatic carboxylic acids is 4. The lowest BCUT2D eigenvalue weighted by Gasteiger charge is -2.31. The lowest BCUT2D eigenvalue weighted by molar-refractivity contribution is -0.145. The number of aromatic amines is 2. The topological polar surface area (TPSA) is 493 Å². The van der Waals surface area contributed by atoms with E-state index in [1.807, 2.05) is 13.8 Å². The molecule has 95 heavy (non-hydrogen) atoms. The average molecular weight is 1320 g/mol. The number of rotatable bonds is 36. The van der Waals surface area contributed by atoms with Crippen molar-refractivity contribution in [1.82, 2.24) is 62.4 Å². The van der Waals surface area contributed by atoms with Gasteiger partial charge in [-0.25, -0.2) is 9.78 Å². The summed E-state index contributed by atoms with van der Waals surface area (Å²) in [5, 5.41) is 70.1. The van der Waals surface area contributed by atoms with Crippen LogP contribution in [0, 0.1) is 11.8 Å². The van der Waals surface area contributed by atoms with Gasteiger partial charge in [-0.15, -0.1) is 0 Å². The number of carboxylic acids is 4. The Morgan fingerprint density at radius 2 is 1.08 bits per heavy atom. The van der Waals surface area contributed by atoms with Crippen LogP contribution in [-0.4, -0.2) is 189 Å². The van der Waals surface area contributed by atoms with E-state index in [2.05, 4.69) is 57.5 Å². The quantitative estimate of drug-likeness (QED) is 0.0244. The number of phenolic OH excluding ortho intramolecular Hbond substituents is 1. The molecule has 10 atom stereocenters. The molecule has 2 aromatic heterocycles. The number of carboxylic acid groups (broad SMARTS) is 4. The number of carbonyl (C=O) groups excluding carboxylic acids is 9. The zero-order valence-corrected chi connectivity index (χ0v) is 52.7. The van der Waals surface area contributed by atoms with Crippen LogP contribution in [0.2, 0.25) is 0 Å². The second kappa shape index (κ2) is 34.8. The van der Waals surface area contributed by atoms with E-state index in [0.29, 0.717) is 27.7 Å². The van der Waals surface area contributed by atoms with Gasteiger partial charge in [-0.05, 0) is 72.4 Å². The Hall–Kier alpha value is -10.7. The highest BCUT2D eigenvalue weighted by Crippen LogP contribution is 2.23. The zero-order chi connectivity index (χ0) is 69.6. The van der Waals surface area contributed by atoms with E-state index < -0.39 is 175 Å². The maximum absolute atomic E-state index is 14.8. The summed E-state index contributed by atoms with van der Waals surface area (Å²) in [7, 11) is 0. The fraction of sp³-hybridized carbons (Fsp3) is 0.438. The molecular weight excluding hydrogens is 1240 g/mol. The number of nitrogens with zero attached hydrogens (tertiary/aromatic N) is 2. The van der Waals surface area contributed by atoms with Crippen LogP contribution < -0.4 is 48.3 Å². The van der Waals surface area contributed by atoms with Crippen LogP contribution in [-0.2, 0) is 88.0 Å². The predicted octanol–water partition coefficient (Wildman–Crippen LogP) is -0.335. The number of nitrogens with one attached hydrogen (secondary N) is 10. The first kappa shape index (κ1) is 73.3. The van der Waals surface area contributed by atoms with Crippen LogP contribution >= 0.6 is 0 Å². The number of aromatic hydroxyl groups is 1. The molecule has 0 spiro atoms. The van der Waals surface area contributed by atoms with Crippen molar-refractivity contribution in [1.29, 1.82) is 0 Å². The van der Waals surface area contributed by atoms with Crippen LogP contribution in [0.5, 0.6) is 5.75 Å². The van der Waals surface area contributed by atoms with E-state index in [0.717, 1.165) is 4.90 Å². The zero-order valence-electron chi connectivity index (χ0n) is 52.7. The van der Waals surface area contributed by atoms with Crippen LogP contribution in [0.25, 0.3) is 10.9 Å². The summed E-state index contributed by atoms with van der Waals surface area (Å²) in [5.74, 6) is -16.1. The van der Waals surface area contributed by atoms with Gasteiger partial charge >= 0.3 is 23.9 Å². The summed E-state index contributed by atoms with van der Waals surface area (Å²) >= 11 is 0. The maximum atomic E-state index is 14.8. The average Bonchev–Trinajstić information content (AvgIpc) is 1.76. The molecule has 0 radical (unpaired) electrons. The molecule has 3 heterocycles. The summed E-state index contributed by atoms with van der Waals surface area (Å²) in [4.78, 5) is 189. The summed E-state index contributed by atoms with van der Waals surface area (Å²) in [5.41, 5.74) is 8.36. The normalized spacial score (nSPS) is 15.7. The number of nitrogens with two attached hydrogens (primary N) is 1. The Bertz CT molecular complexity index is 3540. The van der Waals surface area contributed by atoms with Crippen molar-refractivity contribution in [3.63, 3.8) is 0 Å². The number of hydrogen-bond donors (Lipinski definition) is 16. The minimum atomic E-state index is -2.14. The van der Waals surface area contributed by atoms with Crippen molar-refractivity contribution in [3.8, 4) is 5.75 Å². The van der Waals surface area contributed by atoms with Gasteiger partial charge in [-0.1, -0.05) is 88.4 Å². The minimum Gasteiger partial charge on any atom is -0.508 e. The molecule has 1 fully saturated rings. The fourth-order valence-electron chi connectivity index (χ4n) is 10.8. The van der Waals surface area contributed by atoms with Gasteiger partial charge in [-0.3, -0.25) is 57.5 Å². The van der Waals surface area contributed by atoms with E-state index in [-0.39, 0.29) is 62.3 Å². The molecule has 1 aliphatic heterocycles. The smallest absolute Gasteiger partial charge is 0.326 e. The van der Waals surface area contributed by atoms with Gasteiger partial charge in [-0.2, -0.15) is 0 Å². The lowest BCUT2D eigenvalue weighted by atomic mass is 10.0. The first-order chi connectivity index (χ1) is 45.1. The third-order valence-corrected chi connectivity index (χ3v) is 15.7. The van der Waals surface area contributed by atoms with Crippen LogP contribution in [0.15, 0.2) is 97.6 Å². The van der Waals surface area contributed by atoms with Crippen LogP contribution in [0.4, 0.5) is 0 Å². The second-order valence-corrected chi connectivity index (χ2v) is 24.0. The highest BCUT2D eigenvalue weighted by atomic mass is 16.4. The van der Waals surface area contributed by atoms with E-state index in [1.165, 1.54) is 36.8 Å². The van der Waals surface area contributed by atoms with Gasteiger partial charge in [0, 0.05) is 67.6 Å². The molecule has 9 amide bonds. The Kier molecular flexibility index (Phi) is 26.9. The monoisotopic (exact) mass is 1320 g/mol. The number of imidazole rings is 1. The van der Waals surface area contributed by atoms with Gasteiger partial charge in [0.15, 0.2) is 0 Å². The molecular formula is C64H81N13O18. The first-order valence-corrected chi connectivity index (χ1v) is 30.8. The third kappa shape index (κ3) is 22.2. The molecule has 0 bridgehead atoms. The lowest BCUT2D eigenvalue weighted by Crippen LogP contribution is -2.61. The number of phenols is 1. The van der Waals surface area contributed by atoms with Crippen molar-refractivity contribution in [3.05, 3.63) is 120 Å². The molecule has 510 valence electrons. The summed E-state index contributed by atoms with van der Waals surface area (Å²) in [6.45, 7) is 6.72. The number of para-hydroxylation sites is 1. The highest BCUT2D eigenvalue weighted by molar-refractivity contribution is 6.00. The van der Waals surface area contributed by atoms with E-state index in [1.54, 1.807) is 74.6 Å². The number of likely N-dealkylation sites (tertiary alicyclic amines) is 1. The molecule has 31 nitrogen and oxygen atoms in total. The number of aromatic nitrogens is 3. The van der Waals surface area contributed by atoms with Gasteiger partial charge < -0.3 is 88.7 Å². The highest BCUT2D eigenvalue weighted by Gasteiger charge is 2.42. The Labute approximate surface area is 544 Å². The summed E-state index contributed by atoms with van der Waals surface area (Å²) in [6.07, 6.45) is 0.194. The second-order valence-electron chi connectivity index (χ2n) is 24.0. The molecule has 17 N–H and O–H groups in total. The van der Waals surface area contributed by atoms with Crippen molar-refractivity contribution in [2.75, 3.05) is 6.54 Å². The SMILES string of the molecule is CC(C)C[C@H](N)C(=O)N[C@@H](CCC(=O)O)C(=O)N[C@@H](Cc1c[nH]c2ccccc12)C(=O)N[C@@H](Cc1ccc(O)cc1)C(=O)N[C@@H](CC(=O)O)C(=O)N[C@@H](CC(=O)O)C(=O)N[C@@H](Cc1ccccc1)C(=O)N1CCC[C@H]1C(=O)N[C@@H](Cc1cnc[nH]1)C(=O)N[C@H](C(=O)O)C(C)C. The van der Waals surface area contributed by atoms with Crippen LogP contribution in [0.3, 0.4) is 0 Å². The molecule has 3 aromatic carbocycles. The molecule has 0 unspecified atom stereocenters. The Balaban J connectivity index is 1.27. The van der Waals surface area contributed by atoms with E-state index in [4.69, 9.17) is 5.73 Å². The van der Waals surface area contributed by atoms with Crippen LogP contribution in [0.1, 0.15) is 95.0 Å². The van der Waals surface area contributed by atoms with Crippen molar-refractivity contribution >= 4 is 87.9 Å². The number of amides is 9. The largest absolute Gasteiger partial charge is 0.508 e. The van der Waals surface area contributed by atoms with Crippen molar-refractivity contribution in [2.24, 2.45) is 17.6 Å². The molecule has 1 aliphatic rings. The van der Waals surface area contributed by atoms with Crippen molar-refractivity contribution in [2.45, 2.75) is 159 Å².